The normalized spacial score (nSPS) is 28.2. The smallest absolute Gasteiger partial charge is 0.0586 e. The molecule has 0 amide bonds. The van der Waals surface area contributed by atoms with E-state index in [-0.39, 0.29) is 0 Å². The van der Waals surface area contributed by atoms with E-state index in [2.05, 4.69) is 25.7 Å². The lowest BCUT2D eigenvalue weighted by Crippen LogP contribution is -2.41. The molecule has 0 radical (unpaired) electrons. The molecule has 1 heterocycles. The molecule has 1 aliphatic heterocycles. The zero-order valence-corrected chi connectivity index (χ0v) is 8.45. The van der Waals surface area contributed by atoms with Gasteiger partial charge in [-0.25, -0.2) is 0 Å². The van der Waals surface area contributed by atoms with E-state index in [0.29, 0.717) is 24.6 Å². The predicted molar refractivity (Wildman–Crippen MR) is 51.1 cm³/mol. The van der Waals surface area contributed by atoms with Crippen molar-refractivity contribution in [1.82, 2.24) is 4.90 Å². The Morgan fingerprint density at radius 2 is 2.08 bits per heavy atom. The number of likely N-dealkylation sites (tertiary alicyclic amines) is 1. The van der Waals surface area contributed by atoms with E-state index < -0.39 is 0 Å². The maximum Gasteiger partial charge on any atom is 0.0586 e. The van der Waals surface area contributed by atoms with Gasteiger partial charge in [0.1, 0.15) is 0 Å². The molecule has 2 atom stereocenters. The Kier molecular flexibility index (Phi) is 3.53. The van der Waals surface area contributed by atoms with Gasteiger partial charge in [-0.15, -0.1) is 0 Å². The van der Waals surface area contributed by atoms with Crippen molar-refractivity contribution in [2.24, 2.45) is 5.92 Å². The van der Waals surface area contributed by atoms with Gasteiger partial charge in [0.25, 0.3) is 0 Å². The van der Waals surface area contributed by atoms with Crippen LogP contribution < -0.4 is 0 Å². The minimum absolute atomic E-state index is 0.330. The first kappa shape index (κ1) is 10.0. The third kappa shape index (κ3) is 1.99. The van der Waals surface area contributed by atoms with Crippen LogP contribution in [0.5, 0.6) is 0 Å². The van der Waals surface area contributed by atoms with Crippen LogP contribution in [0.2, 0.25) is 0 Å². The van der Waals surface area contributed by atoms with E-state index >= 15 is 0 Å². The van der Waals surface area contributed by atoms with E-state index in [9.17, 15) is 0 Å². The summed E-state index contributed by atoms with van der Waals surface area (Å²) in [6, 6.07) is 1.05. The summed E-state index contributed by atoms with van der Waals surface area (Å²) in [5.74, 6) is 0.692. The summed E-state index contributed by atoms with van der Waals surface area (Å²) >= 11 is 0. The Bertz CT molecular complexity index is 136. The Labute approximate surface area is 75.6 Å². The number of aliphatic hydroxyl groups is 1. The quantitative estimate of drug-likeness (QED) is 0.695. The Morgan fingerprint density at radius 1 is 1.42 bits per heavy atom. The van der Waals surface area contributed by atoms with Crippen molar-refractivity contribution < 1.29 is 5.11 Å². The van der Waals surface area contributed by atoms with Crippen LogP contribution in [0.3, 0.4) is 0 Å². The maximum absolute atomic E-state index is 9.13. The molecule has 1 unspecified atom stereocenters. The number of hydrogen-bond donors (Lipinski definition) is 1. The fraction of sp³-hybridized carbons (Fsp3) is 1.00. The molecule has 12 heavy (non-hydrogen) atoms. The summed E-state index contributed by atoms with van der Waals surface area (Å²) in [6.45, 7) is 8.26. The molecule has 1 saturated heterocycles. The number of hydrogen-bond acceptors (Lipinski definition) is 2. The topological polar surface area (TPSA) is 23.5 Å². The second-order valence-electron chi connectivity index (χ2n) is 4.20. The Morgan fingerprint density at radius 3 is 2.58 bits per heavy atom. The van der Waals surface area contributed by atoms with Crippen LogP contribution in [0.15, 0.2) is 0 Å². The highest BCUT2D eigenvalue weighted by Crippen LogP contribution is 2.22. The van der Waals surface area contributed by atoms with Gasteiger partial charge < -0.3 is 5.11 Å². The highest BCUT2D eigenvalue weighted by molar-refractivity contribution is 4.83. The van der Waals surface area contributed by atoms with Crippen molar-refractivity contribution >= 4 is 0 Å². The second-order valence-corrected chi connectivity index (χ2v) is 4.20. The molecule has 2 nitrogen and oxygen atoms in total. The lowest BCUT2D eigenvalue weighted by Gasteiger charge is -2.32. The second kappa shape index (κ2) is 4.24. The molecule has 1 aliphatic rings. The first-order valence-corrected chi connectivity index (χ1v) is 5.03. The molecule has 2 heteroatoms. The molecule has 0 saturated carbocycles. The van der Waals surface area contributed by atoms with Crippen LogP contribution in [0.25, 0.3) is 0 Å². The largest absolute Gasteiger partial charge is 0.395 e. The fourth-order valence-corrected chi connectivity index (χ4v) is 1.97. The van der Waals surface area contributed by atoms with Crippen molar-refractivity contribution in [3.63, 3.8) is 0 Å². The van der Waals surface area contributed by atoms with E-state index in [1.165, 1.54) is 19.4 Å². The van der Waals surface area contributed by atoms with Crippen LogP contribution in [0.1, 0.15) is 33.6 Å². The molecular weight excluding hydrogens is 150 g/mol. The van der Waals surface area contributed by atoms with Crippen molar-refractivity contribution in [1.29, 1.82) is 0 Å². The summed E-state index contributed by atoms with van der Waals surface area (Å²) in [5.41, 5.74) is 0. The molecule has 72 valence electrons. The van der Waals surface area contributed by atoms with Crippen molar-refractivity contribution in [3.05, 3.63) is 0 Å². The molecule has 0 aliphatic carbocycles. The van der Waals surface area contributed by atoms with Crippen LogP contribution in [0.4, 0.5) is 0 Å². The van der Waals surface area contributed by atoms with Crippen molar-refractivity contribution in [2.75, 3.05) is 13.2 Å². The highest BCUT2D eigenvalue weighted by Gasteiger charge is 2.28. The monoisotopic (exact) mass is 171 g/mol. The third-order valence-electron chi connectivity index (χ3n) is 3.12. The van der Waals surface area contributed by atoms with Gasteiger partial charge in [0.15, 0.2) is 0 Å². The summed E-state index contributed by atoms with van der Waals surface area (Å²) < 4.78 is 0. The van der Waals surface area contributed by atoms with Crippen LogP contribution >= 0.6 is 0 Å². The minimum Gasteiger partial charge on any atom is -0.395 e. The predicted octanol–water partition coefficient (Wildman–Crippen LogP) is 1.49. The summed E-state index contributed by atoms with van der Waals surface area (Å²) in [5, 5.41) is 9.13. The number of rotatable bonds is 3. The average Bonchev–Trinajstić information content (AvgIpc) is 2.49. The van der Waals surface area contributed by atoms with Crippen LogP contribution in [0, 0.1) is 5.92 Å². The summed E-state index contributed by atoms with van der Waals surface area (Å²) in [6.07, 6.45) is 2.43. The molecule has 0 aromatic carbocycles. The van der Waals surface area contributed by atoms with E-state index in [1.54, 1.807) is 0 Å². The zero-order chi connectivity index (χ0) is 9.14. The number of nitrogens with zero attached hydrogens (tertiary/aromatic N) is 1. The van der Waals surface area contributed by atoms with E-state index in [4.69, 9.17) is 5.11 Å². The SMILES string of the molecule is CC(C)C(C)N1CCC[C@H]1CO. The standard InChI is InChI=1S/C10H21NO/c1-8(2)9(3)11-6-4-5-10(11)7-12/h8-10,12H,4-7H2,1-3H3/t9?,10-/m0/s1. The molecule has 0 aromatic heterocycles. The van der Waals surface area contributed by atoms with Gasteiger partial charge in [-0.2, -0.15) is 0 Å². The Hall–Kier alpha value is -0.0800. The molecule has 0 bridgehead atoms. The molecule has 1 N–H and O–H groups in total. The van der Waals surface area contributed by atoms with E-state index in [0.717, 1.165) is 0 Å². The van der Waals surface area contributed by atoms with Gasteiger partial charge in [-0.05, 0) is 32.2 Å². The van der Waals surface area contributed by atoms with Gasteiger partial charge in [0, 0.05) is 12.1 Å². The number of aliphatic hydroxyl groups excluding tert-OH is 1. The first-order valence-electron chi connectivity index (χ1n) is 5.03. The van der Waals surface area contributed by atoms with Gasteiger partial charge >= 0.3 is 0 Å². The maximum atomic E-state index is 9.13. The first-order chi connectivity index (χ1) is 5.66. The molecule has 0 aromatic rings. The zero-order valence-electron chi connectivity index (χ0n) is 8.45. The third-order valence-corrected chi connectivity index (χ3v) is 3.12. The van der Waals surface area contributed by atoms with Gasteiger partial charge in [0.2, 0.25) is 0 Å². The average molecular weight is 171 g/mol. The van der Waals surface area contributed by atoms with Gasteiger partial charge in [-0.1, -0.05) is 13.8 Å². The van der Waals surface area contributed by atoms with Crippen molar-refractivity contribution in [3.8, 4) is 0 Å². The van der Waals surface area contributed by atoms with Crippen LogP contribution in [-0.4, -0.2) is 35.2 Å². The molecular formula is C10H21NO. The molecule has 1 rings (SSSR count). The minimum atomic E-state index is 0.330. The molecule has 0 spiro atoms. The summed E-state index contributed by atoms with van der Waals surface area (Å²) in [4.78, 5) is 2.45. The van der Waals surface area contributed by atoms with Gasteiger partial charge in [0.05, 0.1) is 6.61 Å². The van der Waals surface area contributed by atoms with Crippen molar-refractivity contribution in [2.45, 2.75) is 45.7 Å². The summed E-state index contributed by atoms with van der Waals surface area (Å²) in [7, 11) is 0. The molecule has 1 fully saturated rings. The Balaban J connectivity index is 2.49. The van der Waals surface area contributed by atoms with E-state index in [1.807, 2.05) is 0 Å². The van der Waals surface area contributed by atoms with Crippen LogP contribution in [-0.2, 0) is 0 Å². The lowest BCUT2D eigenvalue weighted by molar-refractivity contribution is 0.104. The van der Waals surface area contributed by atoms with Gasteiger partial charge in [-0.3, -0.25) is 4.90 Å². The fourth-order valence-electron chi connectivity index (χ4n) is 1.97. The lowest BCUT2D eigenvalue weighted by atomic mass is 10.0. The highest BCUT2D eigenvalue weighted by atomic mass is 16.3.